The summed E-state index contributed by atoms with van der Waals surface area (Å²) >= 11 is 0. The number of allylic oxidation sites excluding steroid dienone is 1. The predicted molar refractivity (Wildman–Crippen MR) is 77.4 cm³/mol. The van der Waals surface area contributed by atoms with Crippen LogP contribution in [0.4, 0.5) is 0 Å². The van der Waals surface area contributed by atoms with E-state index < -0.39 is 0 Å². The van der Waals surface area contributed by atoms with E-state index in [1.54, 1.807) is 0 Å². The fourth-order valence-electron chi connectivity index (χ4n) is 3.75. The van der Waals surface area contributed by atoms with Crippen LogP contribution in [0.2, 0.25) is 0 Å². The molecule has 104 valence electrons. The smallest absolute Gasteiger partial charge is 0.0981 e. The Hall–Kier alpha value is -0.460. The third-order valence-electron chi connectivity index (χ3n) is 5.00. The molecule has 0 aromatic carbocycles. The van der Waals surface area contributed by atoms with E-state index in [1.807, 2.05) is 6.26 Å². The van der Waals surface area contributed by atoms with E-state index in [9.17, 15) is 0 Å². The standard InChI is InChI=1S/C17H30O/c1-3-4-12-18-17-7-5-6-16(13-17)15-10-8-14(2)9-11-15/h4,12,14-17H,3,5-11,13H2,1-2H3/b12-4+/t14?,15?,16-,17-/m1/s1. The van der Waals surface area contributed by atoms with E-state index >= 15 is 0 Å². The van der Waals surface area contributed by atoms with Crippen molar-refractivity contribution < 1.29 is 4.74 Å². The Balaban J connectivity index is 1.77. The van der Waals surface area contributed by atoms with Crippen LogP contribution in [-0.4, -0.2) is 6.10 Å². The molecule has 2 fully saturated rings. The summed E-state index contributed by atoms with van der Waals surface area (Å²) in [7, 11) is 0. The molecule has 0 radical (unpaired) electrons. The average Bonchev–Trinajstić information content (AvgIpc) is 2.40. The van der Waals surface area contributed by atoms with E-state index in [1.165, 1.54) is 51.4 Å². The summed E-state index contributed by atoms with van der Waals surface area (Å²) in [5.74, 6) is 2.93. The number of hydrogen-bond acceptors (Lipinski definition) is 1. The van der Waals surface area contributed by atoms with Crippen LogP contribution in [0.3, 0.4) is 0 Å². The van der Waals surface area contributed by atoms with Gasteiger partial charge in [0.2, 0.25) is 0 Å². The van der Waals surface area contributed by atoms with Crippen LogP contribution >= 0.6 is 0 Å². The first-order chi connectivity index (χ1) is 8.79. The molecule has 18 heavy (non-hydrogen) atoms. The van der Waals surface area contributed by atoms with E-state index in [0.717, 1.165) is 24.2 Å². The number of rotatable bonds is 4. The molecule has 0 aliphatic heterocycles. The normalized spacial score (nSPS) is 37.9. The molecule has 0 N–H and O–H groups in total. The minimum atomic E-state index is 0.505. The second kappa shape index (κ2) is 7.21. The Labute approximate surface area is 113 Å². The van der Waals surface area contributed by atoms with Crippen molar-refractivity contribution in [3.05, 3.63) is 12.3 Å². The zero-order valence-electron chi connectivity index (χ0n) is 12.2. The van der Waals surface area contributed by atoms with Crippen molar-refractivity contribution in [2.75, 3.05) is 0 Å². The molecule has 0 unspecified atom stereocenters. The van der Waals surface area contributed by atoms with Crippen molar-refractivity contribution >= 4 is 0 Å². The highest BCUT2D eigenvalue weighted by molar-refractivity contribution is 4.83. The molecule has 0 aromatic rings. The van der Waals surface area contributed by atoms with Crippen molar-refractivity contribution in [2.45, 2.75) is 77.7 Å². The van der Waals surface area contributed by atoms with Crippen LogP contribution in [0.1, 0.15) is 71.6 Å². The van der Waals surface area contributed by atoms with E-state index in [2.05, 4.69) is 19.9 Å². The second-order valence-electron chi connectivity index (χ2n) is 6.48. The van der Waals surface area contributed by atoms with E-state index in [4.69, 9.17) is 4.74 Å². The molecule has 0 saturated heterocycles. The molecule has 2 saturated carbocycles. The lowest BCUT2D eigenvalue weighted by Crippen LogP contribution is -2.29. The first-order valence-electron chi connectivity index (χ1n) is 8.10. The van der Waals surface area contributed by atoms with Gasteiger partial charge in [-0.25, -0.2) is 0 Å². The first-order valence-corrected chi connectivity index (χ1v) is 8.10. The molecule has 1 heteroatoms. The molecule has 0 aromatic heterocycles. The molecule has 0 spiro atoms. The number of ether oxygens (including phenoxy) is 1. The molecule has 2 atom stereocenters. The molecule has 1 nitrogen and oxygen atoms in total. The fraction of sp³-hybridized carbons (Fsp3) is 0.882. The number of hydrogen-bond donors (Lipinski definition) is 0. The van der Waals surface area contributed by atoms with Gasteiger partial charge in [-0.15, -0.1) is 0 Å². The molecule has 0 bridgehead atoms. The third-order valence-corrected chi connectivity index (χ3v) is 5.00. The predicted octanol–water partition coefficient (Wildman–Crippen LogP) is 5.31. The lowest BCUT2D eigenvalue weighted by atomic mass is 9.71. The van der Waals surface area contributed by atoms with Gasteiger partial charge in [-0.1, -0.05) is 32.8 Å². The third kappa shape index (κ3) is 4.03. The summed E-state index contributed by atoms with van der Waals surface area (Å²) in [5.41, 5.74) is 0. The summed E-state index contributed by atoms with van der Waals surface area (Å²) in [5, 5.41) is 0. The molecular weight excluding hydrogens is 220 g/mol. The van der Waals surface area contributed by atoms with Gasteiger partial charge in [-0.3, -0.25) is 0 Å². The van der Waals surface area contributed by atoms with Crippen molar-refractivity contribution in [3.63, 3.8) is 0 Å². The molecule has 2 aliphatic rings. The summed E-state index contributed by atoms with van der Waals surface area (Å²) in [6.07, 6.45) is 16.9. The van der Waals surface area contributed by atoms with Crippen molar-refractivity contribution in [2.24, 2.45) is 17.8 Å². The lowest BCUT2D eigenvalue weighted by Gasteiger charge is -2.37. The SMILES string of the molecule is CC/C=C/O[C@@H]1CCC[C@@H](C2CCC(C)CC2)C1. The van der Waals surface area contributed by atoms with Gasteiger partial charge in [0.05, 0.1) is 12.4 Å². The molecule has 0 heterocycles. The summed E-state index contributed by atoms with van der Waals surface area (Å²) in [4.78, 5) is 0. The van der Waals surface area contributed by atoms with Crippen LogP contribution in [0.5, 0.6) is 0 Å². The molecular formula is C17H30O. The Morgan fingerprint density at radius 2 is 1.78 bits per heavy atom. The molecule has 2 aliphatic carbocycles. The topological polar surface area (TPSA) is 9.23 Å². The van der Waals surface area contributed by atoms with E-state index in [-0.39, 0.29) is 0 Å². The van der Waals surface area contributed by atoms with E-state index in [0.29, 0.717) is 6.10 Å². The monoisotopic (exact) mass is 250 g/mol. The highest BCUT2D eigenvalue weighted by Gasteiger charge is 2.30. The molecule has 0 amide bonds. The highest BCUT2D eigenvalue weighted by Crippen LogP contribution is 2.40. The van der Waals surface area contributed by atoms with Gasteiger partial charge in [0.25, 0.3) is 0 Å². The Morgan fingerprint density at radius 3 is 2.50 bits per heavy atom. The largest absolute Gasteiger partial charge is 0.498 e. The summed E-state index contributed by atoms with van der Waals surface area (Å²) in [6.45, 7) is 4.57. The average molecular weight is 250 g/mol. The Bertz CT molecular complexity index is 250. The zero-order chi connectivity index (χ0) is 12.8. The highest BCUT2D eigenvalue weighted by atomic mass is 16.5. The van der Waals surface area contributed by atoms with Gasteiger partial charge in [-0.05, 0) is 62.7 Å². The first kappa shape index (κ1) is 14.0. The maximum atomic E-state index is 5.88. The van der Waals surface area contributed by atoms with Crippen LogP contribution in [-0.2, 0) is 4.74 Å². The van der Waals surface area contributed by atoms with Crippen LogP contribution in [0.25, 0.3) is 0 Å². The van der Waals surface area contributed by atoms with Gasteiger partial charge < -0.3 is 4.74 Å². The van der Waals surface area contributed by atoms with Gasteiger partial charge in [0, 0.05) is 0 Å². The summed E-state index contributed by atoms with van der Waals surface area (Å²) in [6, 6.07) is 0. The van der Waals surface area contributed by atoms with Gasteiger partial charge in [0.15, 0.2) is 0 Å². The minimum Gasteiger partial charge on any atom is -0.498 e. The minimum absolute atomic E-state index is 0.505. The van der Waals surface area contributed by atoms with Crippen molar-refractivity contribution in [3.8, 4) is 0 Å². The second-order valence-corrected chi connectivity index (χ2v) is 6.48. The molecule has 2 rings (SSSR count). The zero-order valence-corrected chi connectivity index (χ0v) is 12.2. The van der Waals surface area contributed by atoms with Crippen LogP contribution in [0.15, 0.2) is 12.3 Å². The fourth-order valence-corrected chi connectivity index (χ4v) is 3.75. The van der Waals surface area contributed by atoms with Gasteiger partial charge in [-0.2, -0.15) is 0 Å². The van der Waals surface area contributed by atoms with Crippen LogP contribution in [0, 0.1) is 17.8 Å². The maximum absolute atomic E-state index is 5.88. The van der Waals surface area contributed by atoms with Gasteiger partial charge >= 0.3 is 0 Å². The van der Waals surface area contributed by atoms with Crippen molar-refractivity contribution in [1.29, 1.82) is 0 Å². The Morgan fingerprint density at radius 1 is 1.00 bits per heavy atom. The Kier molecular flexibility index (Phi) is 5.59. The quantitative estimate of drug-likeness (QED) is 0.614. The van der Waals surface area contributed by atoms with Crippen molar-refractivity contribution in [1.82, 2.24) is 0 Å². The summed E-state index contributed by atoms with van der Waals surface area (Å²) < 4.78 is 5.88. The lowest BCUT2D eigenvalue weighted by molar-refractivity contribution is 0.0523. The maximum Gasteiger partial charge on any atom is 0.0981 e. The van der Waals surface area contributed by atoms with Gasteiger partial charge in [0.1, 0.15) is 0 Å². The van der Waals surface area contributed by atoms with Crippen LogP contribution < -0.4 is 0 Å².